The normalized spacial score (nSPS) is 21.7. The van der Waals surface area contributed by atoms with Crippen LogP contribution in [0.3, 0.4) is 0 Å². The van der Waals surface area contributed by atoms with E-state index in [2.05, 4.69) is 13.8 Å². The van der Waals surface area contributed by atoms with Gasteiger partial charge in [-0.1, -0.05) is 68.4 Å². The summed E-state index contributed by atoms with van der Waals surface area (Å²) in [6.07, 6.45) is 0.779. The first-order chi connectivity index (χ1) is 16.0. The lowest BCUT2D eigenvalue weighted by Crippen LogP contribution is -3.14. The number of likely N-dealkylation sites (tertiary alicyclic amines) is 1. The molecule has 0 bridgehead atoms. The van der Waals surface area contributed by atoms with Gasteiger partial charge < -0.3 is 14.5 Å². The van der Waals surface area contributed by atoms with E-state index in [9.17, 15) is 14.4 Å². The molecule has 6 nitrogen and oxygen atoms in total. The van der Waals surface area contributed by atoms with Crippen molar-refractivity contribution < 1.29 is 24.0 Å². The number of amides is 1. The van der Waals surface area contributed by atoms with Crippen LogP contribution in [0, 0.1) is 5.92 Å². The van der Waals surface area contributed by atoms with Gasteiger partial charge in [-0.2, -0.15) is 0 Å². The minimum atomic E-state index is -1.01. The SMILES string of the molecule is CC(C)c1ccc(C2C(C(=O)c3ccccc3)C(=O)C(=O)N2CCC[NH+]2CCOCC2)cc1. The summed E-state index contributed by atoms with van der Waals surface area (Å²) in [6, 6.07) is 16.3. The number of nitrogens with zero attached hydrogens (tertiary/aromatic N) is 1. The van der Waals surface area contributed by atoms with Crippen molar-refractivity contribution in [2.75, 3.05) is 39.4 Å². The Morgan fingerprint density at radius 2 is 1.70 bits per heavy atom. The van der Waals surface area contributed by atoms with Crippen LogP contribution in [-0.4, -0.2) is 61.8 Å². The van der Waals surface area contributed by atoms with Crippen LogP contribution in [-0.2, 0) is 14.3 Å². The molecule has 2 fully saturated rings. The van der Waals surface area contributed by atoms with Crippen LogP contribution in [0.15, 0.2) is 54.6 Å². The molecule has 0 aliphatic carbocycles. The molecule has 33 heavy (non-hydrogen) atoms. The van der Waals surface area contributed by atoms with E-state index < -0.39 is 23.7 Å². The maximum Gasteiger partial charge on any atom is 0.291 e. The molecule has 2 unspecified atom stereocenters. The van der Waals surface area contributed by atoms with E-state index in [0.29, 0.717) is 18.0 Å². The van der Waals surface area contributed by atoms with Crippen molar-refractivity contribution in [1.29, 1.82) is 0 Å². The zero-order valence-corrected chi connectivity index (χ0v) is 19.5. The zero-order chi connectivity index (χ0) is 23.4. The quantitative estimate of drug-likeness (QED) is 0.381. The summed E-state index contributed by atoms with van der Waals surface area (Å²) in [5.41, 5.74) is 2.49. The van der Waals surface area contributed by atoms with Crippen molar-refractivity contribution in [3.05, 3.63) is 71.3 Å². The summed E-state index contributed by atoms with van der Waals surface area (Å²) in [5, 5.41) is 0. The summed E-state index contributed by atoms with van der Waals surface area (Å²) < 4.78 is 5.43. The number of ether oxygens (including phenoxy) is 1. The maximum absolute atomic E-state index is 13.4. The van der Waals surface area contributed by atoms with Gasteiger partial charge in [-0.15, -0.1) is 0 Å². The van der Waals surface area contributed by atoms with Crippen molar-refractivity contribution in [3.8, 4) is 0 Å². The highest BCUT2D eigenvalue weighted by atomic mass is 16.5. The van der Waals surface area contributed by atoms with Crippen molar-refractivity contribution >= 4 is 17.5 Å². The molecule has 2 aromatic rings. The lowest BCUT2D eigenvalue weighted by molar-refractivity contribution is -0.908. The summed E-state index contributed by atoms with van der Waals surface area (Å²) >= 11 is 0. The van der Waals surface area contributed by atoms with Crippen molar-refractivity contribution in [2.24, 2.45) is 5.92 Å². The summed E-state index contributed by atoms with van der Waals surface area (Å²) in [6.45, 7) is 9.06. The van der Waals surface area contributed by atoms with E-state index >= 15 is 0 Å². The summed E-state index contributed by atoms with van der Waals surface area (Å²) in [7, 11) is 0. The number of carbonyl (C=O) groups excluding carboxylic acids is 3. The first kappa shape index (κ1) is 23.3. The van der Waals surface area contributed by atoms with Crippen LogP contribution in [0.25, 0.3) is 0 Å². The number of nitrogens with one attached hydrogen (secondary N) is 1. The number of ketones is 2. The molecule has 1 N–H and O–H groups in total. The number of Topliss-reactive ketones (excluding diaryl/α,β-unsaturated/α-hetero) is 2. The van der Waals surface area contributed by atoms with Gasteiger partial charge in [-0.25, -0.2) is 0 Å². The Balaban J connectivity index is 1.61. The predicted molar refractivity (Wildman–Crippen MR) is 125 cm³/mol. The number of hydrogen-bond acceptors (Lipinski definition) is 4. The lowest BCUT2D eigenvalue weighted by Gasteiger charge is -2.29. The van der Waals surface area contributed by atoms with E-state index in [1.165, 1.54) is 10.5 Å². The Morgan fingerprint density at radius 3 is 2.33 bits per heavy atom. The van der Waals surface area contributed by atoms with E-state index in [4.69, 9.17) is 4.74 Å². The highest BCUT2D eigenvalue weighted by Gasteiger charge is 2.51. The van der Waals surface area contributed by atoms with E-state index in [0.717, 1.165) is 44.8 Å². The summed E-state index contributed by atoms with van der Waals surface area (Å²) in [5.74, 6) is -2.06. The van der Waals surface area contributed by atoms with E-state index in [1.807, 2.05) is 30.3 Å². The number of benzene rings is 2. The van der Waals surface area contributed by atoms with Gasteiger partial charge in [0.2, 0.25) is 5.78 Å². The molecule has 0 saturated carbocycles. The van der Waals surface area contributed by atoms with Gasteiger partial charge in [0.15, 0.2) is 5.78 Å². The third-order valence-corrected chi connectivity index (χ3v) is 6.82. The van der Waals surface area contributed by atoms with Crippen molar-refractivity contribution in [1.82, 2.24) is 4.90 Å². The van der Waals surface area contributed by atoms with Crippen LogP contribution >= 0.6 is 0 Å². The van der Waals surface area contributed by atoms with Crippen LogP contribution in [0.2, 0.25) is 0 Å². The third-order valence-electron chi connectivity index (χ3n) is 6.82. The lowest BCUT2D eigenvalue weighted by atomic mass is 9.85. The molecule has 2 aromatic carbocycles. The molecule has 2 aliphatic heterocycles. The predicted octanol–water partition coefficient (Wildman–Crippen LogP) is 2.07. The first-order valence-corrected chi connectivity index (χ1v) is 11.9. The molecule has 2 aliphatic rings. The largest absolute Gasteiger partial charge is 0.370 e. The monoisotopic (exact) mass is 449 g/mol. The highest BCUT2D eigenvalue weighted by Crippen LogP contribution is 2.38. The first-order valence-electron chi connectivity index (χ1n) is 11.9. The fraction of sp³-hybridized carbons (Fsp3) is 0.444. The molecule has 4 rings (SSSR count). The standard InChI is InChI=1S/C27H32N2O4/c1-19(2)20-9-11-21(12-10-20)24-23(25(30)22-7-4-3-5-8-22)26(31)27(32)29(24)14-6-13-28-15-17-33-18-16-28/h3-5,7-12,19,23-24H,6,13-18H2,1-2H3/p+1. The summed E-state index contributed by atoms with van der Waals surface area (Å²) in [4.78, 5) is 42.7. The number of rotatable bonds is 8. The fourth-order valence-electron chi connectivity index (χ4n) is 4.87. The molecule has 0 aromatic heterocycles. The highest BCUT2D eigenvalue weighted by molar-refractivity contribution is 6.44. The third kappa shape index (κ3) is 5.07. The Bertz CT molecular complexity index is 981. The molecule has 2 saturated heterocycles. The molecule has 1 amide bonds. The van der Waals surface area contributed by atoms with Crippen LogP contribution in [0.5, 0.6) is 0 Å². The van der Waals surface area contributed by atoms with Gasteiger partial charge in [0, 0.05) is 18.5 Å². The average Bonchev–Trinajstić information content (AvgIpc) is 3.10. The number of hydrogen-bond donors (Lipinski definition) is 1. The minimum Gasteiger partial charge on any atom is -0.370 e. The van der Waals surface area contributed by atoms with Crippen molar-refractivity contribution in [3.63, 3.8) is 0 Å². The van der Waals surface area contributed by atoms with Crippen LogP contribution < -0.4 is 4.90 Å². The Morgan fingerprint density at radius 1 is 1.03 bits per heavy atom. The molecular formula is C27H33N2O4+. The molecule has 2 atom stereocenters. The van der Waals surface area contributed by atoms with Gasteiger partial charge in [-0.3, -0.25) is 14.4 Å². The van der Waals surface area contributed by atoms with Crippen LogP contribution in [0.4, 0.5) is 0 Å². The smallest absolute Gasteiger partial charge is 0.291 e. The Hall–Kier alpha value is -2.83. The fourth-order valence-corrected chi connectivity index (χ4v) is 4.87. The van der Waals surface area contributed by atoms with Gasteiger partial charge in [-0.05, 0) is 17.0 Å². The maximum atomic E-state index is 13.4. The molecule has 0 radical (unpaired) electrons. The van der Waals surface area contributed by atoms with Crippen LogP contribution in [0.1, 0.15) is 53.7 Å². The molecule has 174 valence electrons. The molecular weight excluding hydrogens is 416 g/mol. The Kier molecular flexibility index (Phi) is 7.36. The number of quaternary nitrogens is 1. The second-order valence-electron chi connectivity index (χ2n) is 9.30. The second-order valence-corrected chi connectivity index (χ2v) is 9.30. The van der Waals surface area contributed by atoms with Gasteiger partial charge in [0.05, 0.1) is 25.8 Å². The minimum absolute atomic E-state index is 0.284. The van der Waals surface area contributed by atoms with Gasteiger partial charge in [0.1, 0.15) is 19.0 Å². The average molecular weight is 450 g/mol. The second kappa shape index (κ2) is 10.4. The molecule has 6 heteroatoms. The van der Waals surface area contributed by atoms with Gasteiger partial charge in [0.25, 0.3) is 5.91 Å². The number of carbonyl (C=O) groups is 3. The van der Waals surface area contributed by atoms with Crippen molar-refractivity contribution in [2.45, 2.75) is 32.2 Å². The Labute approximate surface area is 195 Å². The number of morpholine rings is 1. The zero-order valence-electron chi connectivity index (χ0n) is 19.5. The molecule has 0 spiro atoms. The van der Waals surface area contributed by atoms with E-state index in [1.54, 1.807) is 29.2 Å². The molecule has 2 heterocycles. The van der Waals surface area contributed by atoms with Gasteiger partial charge >= 0.3 is 0 Å². The van der Waals surface area contributed by atoms with E-state index in [-0.39, 0.29) is 5.78 Å². The topological polar surface area (TPSA) is 68.1 Å².